The van der Waals surface area contributed by atoms with Crippen LogP contribution in [0.2, 0.25) is 0 Å². The van der Waals surface area contributed by atoms with Crippen LogP contribution in [0, 0.1) is 5.92 Å². The maximum atomic E-state index is 12.7. The number of rotatable bonds is 4. The van der Waals surface area contributed by atoms with Crippen LogP contribution in [-0.2, 0) is 16.0 Å². The highest BCUT2D eigenvalue weighted by Gasteiger charge is 2.40. The van der Waals surface area contributed by atoms with E-state index >= 15 is 0 Å². The molecule has 4 nitrogen and oxygen atoms in total. The molecule has 128 valence electrons. The summed E-state index contributed by atoms with van der Waals surface area (Å²) in [5.41, 5.74) is 2.82. The van der Waals surface area contributed by atoms with Gasteiger partial charge in [0.05, 0.1) is 0 Å². The lowest BCUT2D eigenvalue weighted by atomic mass is 9.83. The molecule has 2 aliphatic carbocycles. The van der Waals surface area contributed by atoms with Crippen molar-refractivity contribution in [2.24, 2.45) is 5.92 Å². The van der Waals surface area contributed by atoms with Gasteiger partial charge < -0.3 is 10.2 Å². The van der Waals surface area contributed by atoms with Crippen molar-refractivity contribution in [1.82, 2.24) is 10.2 Å². The molecule has 0 radical (unpaired) electrons. The topological polar surface area (TPSA) is 49.4 Å². The zero-order chi connectivity index (χ0) is 16.5. The number of nitrogens with one attached hydrogen (secondary N) is 1. The van der Waals surface area contributed by atoms with Crippen molar-refractivity contribution in [3.63, 3.8) is 0 Å². The van der Waals surface area contributed by atoms with E-state index in [0.29, 0.717) is 12.5 Å². The van der Waals surface area contributed by atoms with Crippen molar-refractivity contribution >= 4 is 11.8 Å². The predicted molar refractivity (Wildman–Crippen MR) is 92.6 cm³/mol. The standard InChI is InChI=1S/C20H26N2O2/c23-19(18-9-4-12-22(18)20(24)15-10-11-15)21-13-16-7-3-6-14-5-1-2-8-17(14)16/h1-2,5,8,15-16,18H,3-4,6-7,9-13H2,(H,21,23)/t16-,18+/m1/s1. The maximum absolute atomic E-state index is 12.7. The van der Waals surface area contributed by atoms with Crippen LogP contribution in [0.3, 0.4) is 0 Å². The van der Waals surface area contributed by atoms with Gasteiger partial charge in [0, 0.05) is 24.9 Å². The molecule has 1 saturated carbocycles. The Labute approximate surface area is 143 Å². The number of hydrogen-bond acceptors (Lipinski definition) is 2. The van der Waals surface area contributed by atoms with Crippen LogP contribution in [-0.4, -0.2) is 35.8 Å². The molecule has 4 rings (SSSR count). The average molecular weight is 326 g/mol. The molecule has 24 heavy (non-hydrogen) atoms. The molecule has 2 fully saturated rings. The lowest BCUT2D eigenvalue weighted by molar-refractivity contribution is -0.139. The second-order valence-electron chi connectivity index (χ2n) is 7.50. The van der Waals surface area contributed by atoms with E-state index in [0.717, 1.165) is 45.1 Å². The van der Waals surface area contributed by atoms with Crippen molar-refractivity contribution in [2.45, 2.75) is 56.9 Å². The van der Waals surface area contributed by atoms with Gasteiger partial charge in [-0.15, -0.1) is 0 Å². The molecule has 1 aliphatic heterocycles. The van der Waals surface area contributed by atoms with Gasteiger partial charge in [-0.25, -0.2) is 0 Å². The summed E-state index contributed by atoms with van der Waals surface area (Å²) in [6, 6.07) is 8.35. The third-order valence-corrected chi connectivity index (χ3v) is 5.78. The van der Waals surface area contributed by atoms with Gasteiger partial charge in [0.2, 0.25) is 11.8 Å². The highest BCUT2D eigenvalue weighted by atomic mass is 16.2. The molecule has 0 unspecified atom stereocenters. The van der Waals surface area contributed by atoms with Crippen LogP contribution >= 0.6 is 0 Å². The van der Waals surface area contributed by atoms with E-state index in [1.807, 2.05) is 4.90 Å². The smallest absolute Gasteiger partial charge is 0.242 e. The molecule has 1 aromatic rings. The zero-order valence-corrected chi connectivity index (χ0v) is 14.2. The lowest BCUT2D eigenvalue weighted by Crippen LogP contribution is -2.47. The number of carbonyl (C=O) groups is 2. The summed E-state index contributed by atoms with van der Waals surface area (Å²) < 4.78 is 0. The Morgan fingerprint density at radius 3 is 2.75 bits per heavy atom. The fourth-order valence-corrected chi connectivity index (χ4v) is 4.28. The van der Waals surface area contributed by atoms with Gasteiger partial charge >= 0.3 is 0 Å². The van der Waals surface area contributed by atoms with E-state index in [1.165, 1.54) is 17.5 Å². The summed E-state index contributed by atoms with van der Waals surface area (Å²) in [6.45, 7) is 1.44. The third-order valence-electron chi connectivity index (χ3n) is 5.78. The Hall–Kier alpha value is -1.84. The van der Waals surface area contributed by atoms with E-state index in [9.17, 15) is 9.59 Å². The van der Waals surface area contributed by atoms with E-state index in [-0.39, 0.29) is 23.8 Å². The number of carbonyl (C=O) groups excluding carboxylic acids is 2. The molecule has 3 aliphatic rings. The molecule has 1 saturated heterocycles. The van der Waals surface area contributed by atoms with Crippen LogP contribution < -0.4 is 5.32 Å². The Morgan fingerprint density at radius 2 is 1.92 bits per heavy atom. The molecule has 1 aromatic carbocycles. The van der Waals surface area contributed by atoms with Gasteiger partial charge in [0.1, 0.15) is 6.04 Å². The van der Waals surface area contributed by atoms with Crippen molar-refractivity contribution in [2.75, 3.05) is 13.1 Å². The van der Waals surface area contributed by atoms with Crippen molar-refractivity contribution < 1.29 is 9.59 Å². The first-order chi connectivity index (χ1) is 11.7. The van der Waals surface area contributed by atoms with Crippen LogP contribution in [0.25, 0.3) is 0 Å². The average Bonchev–Trinajstić information content (AvgIpc) is 3.35. The summed E-state index contributed by atoms with van der Waals surface area (Å²) in [6.07, 6.45) is 7.23. The minimum absolute atomic E-state index is 0.0459. The number of amides is 2. The first-order valence-electron chi connectivity index (χ1n) is 9.40. The molecule has 0 bridgehead atoms. The Kier molecular flexibility index (Phi) is 4.30. The van der Waals surface area contributed by atoms with Crippen molar-refractivity contribution in [1.29, 1.82) is 0 Å². The van der Waals surface area contributed by atoms with Gasteiger partial charge in [0.25, 0.3) is 0 Å². The number of benzene rings is 1. The van der Waals surface area contributed by atoms with Gasteiger partial charge in [0.15, 0.2) is 0 Å². The maximum Gasteiger partial charge on any atom is 0.242 e. The summed E-state index contributed by atoms with van der Waals surface area (Å²) in [7, 11) is 0. The van der Waals surface area contributed by atoms with Crippen LogP contribution in [0.15, 0.2) is 24.3 Å². The molecular formula is C20H26N2O2. The monoisotopic (exact) mass is 326 g/mol. The number of likely N-dealkylation sites (tertiary alicyclic amines) is 1. The fraction of sp³-hybridized carbons (Fsp3) is 0.600. The molecule has 2 amide bonds. The molecular weight excluding hydrogens is 300 g/mol. The second-order valence-corrected chi connectivity index (χ2v) is 7.50. The number of nitrogens with zero attached hydrogens (tertiary/aromatic N) is 1. The lowest BCUT2D eigenvalue weighted by Gasteiger charge is -2.28. The normalized spacial score (nSPS) is 26.1. The van der Waals surface area contributed by atoms with E-state index in [4.69, 9.17) is 0 Å². The zero-order valence-electron chi connectivity index (χ0n) is 14.2. The van der Waals surface area contributed by atoms with E-state index < -0.39 is 0 Å². The second kappa shape index (κ2) is 6.58. The van der Waals surface area contributed by atoms with Crippen molar-refractivity contribution in [3.8, 4) is 0 Å². The van der Waals surface area contributed by atoms with Crippen LogP contribution in [0.5, 0.6) is 0 Å². The molecule has 2 atom stereocenters. The number of aryl methyl sites for hydroxylation is 1. The summed E-state index contributed by atoms with van der Waals surface area (Å²) >= 11 is 0. The Bertz CT molecular complexity index is 638. The van der Waals surface area contributed by atoms with Gasteiger partial charge in [-0.05, 0) is 56.1 Å². The van der Waals surface area contributed by atoms with Gasteiger partial charge in [-0.1, -0.05) is 24.3 Å². The van der Waals surface area contributed by atoms with Crippen LogP contribution in [0.4, 0.5) is 0 Å². The molecule has 0 aromatic heterocycles. The van der Waals surface area contributed by atoms with Crippen molar-refractivity contribution in [3.05, 3.63) is 35.4 Å². The predicted octanol–water partition coefficient (Wildman–Crippen LogP) is 2.62. The van der Waals surface area contributed by atoms with Gasteiger partial charge in [-0.3, -0.25) is 9.59 Å². The minimum atomic E-state index is -0.239. The SMILES string of the molecule is O=C(NC[C@H]1CCCc2ccccc21)[C@@H]1CCCN1C(=O)C1CC1. The number of fused-ring (bicyclic) bond motifs is 1. The molecule has 4 heteroatoms. The van der Waals surface area contributed by atoms with Crippen LogP contribution in [0.1, 0.15) is 55.6 Å². The van der Waals surface area contributed by atoms with E-state index in [1.54, 1.807) is 0 Å². The summed E-state index contributed by atoms with van der Waals surface area (Å²) in [5, 5.41) is 3.15. The van der Waals surface area contributed by atoms with Gasteiger partial charge in [-0.2, -0.15) is 0 Å². The highest BCUT2D eigenvalue weighted by Crippen LogP contribution is 2.34. The summed E-state index contributed by atoms with van der Waals surface area (Å²) in [5.74, 6) is 0.858. The fourth-order valence-electron chi connectivity index (χ4n) is 4.28. The Balaban J connectivity index is 1.37. The van der Waals surface area contributed by atoms with E-state index in [2.05, 4.69) is 29.6 Å². The first-order valence-corrected chi connectivity index (χ1v) is 9.40. The Morgan fingerprint density at radius 1 is 1.08 bits per heavy atom. The minimum Gasteiger partial charge on any atom is -0.354 e. The molecule has 1 heterocycles. The summed E-state index contributed by atoms with van der Waals surface area (Å²) in [4.78, 5) is 26.8. The largest absolute Gasteiger partial charge is 0.354 e. The third kappa shape index (κ3) is 3.06. The first kappa shape index (κ1) is 15.7. The number of hydrogen-bond donors (Lipinski definition) is 1. The quantitative estimate of drug-likeness (QED) is 0.925. The highest BCUT2D eigenvalue weighted by molar-refractivity contribution is 5.90. The molecule has 1 N–H and O–H groups in total. The molecule has 0 spiro atoms.